The van der Waals surface area contributed by atoms with Crippen molar-refractivity contribution in [2.45, 2.75) is 298 Å². The summed E-state index contributed by atoms with van der Waals surface area (Å²) >= 11 is 0. The van der Waals surface area contributed by atoms with Gasteiger partial charge in [0, 0.05) is 108 Å². The van der Waals surface area contributed by atoms with Gasteiger partial charge in [-0.1, -0.05) is 76.4 Å². The van der Waals surface area contributed by atoms with Gasteiger partial charge in [0.25, 0.3) is 0 Å². The summed E-state index contributed by atoms with van der Waals surface area (Å²) in [6.45, 7) is 44.9. The zero-order valence-electron chi connectivity index (χ0n) is 78.0. The van der Waals surface area contributed by atoms with Crippen molar-refractivity contribution >= 4 is 116 Å². The van der Waals surface area contributed by atoms with Crippen LogP contribution in [0.25, 0.3) is 5.69 Å². The number of aromatic nitrogens is 5. The largest absolute Gasteiger partial charge is 2.00 e. The number of aliphatic hydroxyl groups is 4. The number of rotatable bonds is 22. The third kappa shape index (κ3) is 54.3. The number of ketones is 1. The molecule has 0 aliphatic heterocycles. The van der Waals surface area contributed by atoms with Crippen molar-refractivity contribution in [3.63, 3.8) is 0 Å². The maximum absolute atomic E-state index is 13.8. The van der Waals surface area contributed by atoms with Gasteiger partial charge in [-0.25, -0.2) is 40.4 Å². The van der Waals surface area contributed by atoms with Crippen molar-refractivity contribution in [3.05, 3.63) is 197 Å². The van der Waals surface area contributed by atoms with E-state index in [2.05, 4.69) is 60.2 Å². The predicted molar refractivity (Wildman–Crippen MR) is 504 cm³/mol. The maximum atomic E-state index is 13.8. The number of nitrogens with one attached hydrogen (secondary N) is 2. The Morgan fingerprint density at radius 1 is 0.656 bits per heavy atom. The number of halogens is 3. The Kier molecular flexibility index (Phi) is 58.5. The Bertz CT molecular complexity index is 4190. The molecule has 3 fully saturated rings. The minimum absolute atomic E-state index is 0. The number of nitrogens with two attached hydrogens (primary N) is 2. The molecule has 0 radical (unpaired) electrons. The van der Waals surface area contributed by atoms with Crippen LogP contribution < -0.4 is 25.5 Å². The number of aryl methyl sites for hydroxylation is 1. The molecule has 3 saturated carbocycles. The molecular formula is C90H144BrF2MgN11O12S3SiTi. The number of alkyl carbamates (subject to hydrolysis) is 1. The molecule has 4 aromatic heterocycles. The first-order chi connectivity index (χ1) is 55.0. The van der Waals surface area contributed by atoms with E-state index in [1.807, 2.05) is 104 Å². The fourth-order valence-corrected chi connectivity index (χ4v) is 12.1. The number of carbonyl (C=O) groups is 3. The molecule has 122 heavy (non-hydrogen) atoms. The molecule has 2 unspecified atom stereocenters. The van der Waals surface area contributed by atoms with Gasteiger partial charge < -0.3 is 47.3 Å². The van der Waals surface area contributed by atoms with Gasteiger partial charge in [-0.3, -0.25) is 24.9 Å². The number of amides is 1. The smallest absolute Gasteiger partial charge is 1.00 e. The zero-order valence-corrected chi connectivity index (χ0v) is 85.1. The number of nitrogen functional groups attached to an aromatic ring is 1. The van der Waals surface area contributed by atoms with Gasteiger partial charge in [0.05, 0.1) is 64.5 Å². The Labute approximate surface area is 779 Å². The molecule has 680 valence electrons. The number of anilines is 2. The summed E-state index contributed by atoms with van der Waals surface area (Å²) in [4.78, 5) is 46.6. The first kappa shape index (κ1) is 120. The summed E-state index contributed by atoms with van der Waals surface area (Å²) in [5, 5.41) is 53.4. The molecule has 3 aromatic carbocycles. The van der Waals surface area contributed by atoms with E-state index in [-0.39, 0.29) is 127 Å². The van der Waals surface area contributed by atoms with E-state index in [0.29, 0.717) is 29.4 Å². The van der Waals surface area contributed by atoms with Crippen LogP contribution in [-0.2, 0) is 71.5 Å². The molecule has 0 saturated heterocycles. The Morgan fingerprint density at radius 3 is 1.52 bits per heavy atom. The molecule has 11 N–H and O–H groups in total. The van der Waals surface area contributed by atoms with Crippen LogP contribution >= 0.6 is 17.0 Å². The molecule has 0 spiro atoms. The molecular weight excluding hydrogens is 1740 g/mol. The number of aliphatic hydroxyl groups excluding tert-OH is 4. The first-order valence-corrected chi connectivity index (χ1v) is 47.6. The number of carbonyl (C=O) groups excluding carboxylic acids is 2. The van der Waals surface area contributed by atoms with Gasteiger partial charge in [-0.05, 0) is 297 Å². The van der Waals surface area contributed by atoms with Crippen LogP contribution in [-0.4, -0.2) is 169 Å². The van der Waals surface area contributed by atoms with Crippen LogP contribution in [0.5, 0.6) is 0 Å². The average molecular weight is 1890 g/mol. The summed E-state index contributed by atoms with van der Waals surface area (Å²) < 4.78 is 78.3. The van der Waals surface area contributed by atoms with Crippen molar-refractivity contribution in [2.24, 2.45) is 27.3 Å². The second kappa shape index (κ2) is 59.3. The third-order valence-electron chi connectivity index (χ3n) is 16.6. The van der Waals surface area contributed by atoms with Gasteiger partial charge in [-0.2, -0.15) is 27.7 Å². The molecule has 1 amide bonds. The van der Waals surface area contributed by atoms with Gasteiger partial charge in [0.1, 0.15) is 30.6 Å². The SMILES string of the molecule is Br.CC(C)(C)S(=O)N=C(CCC1CC1)c1ccncc1.CC(C)(C)[S@@](N)=O.CC(C)(C)[S@](=O)NC(CCC1CC1)(c1ccncc1)c1ccc(F)c(N)c1.CC(C)O.CC(C)O.CC(C)O.CC(C)O.CN(c1c[c-]ccc1F)[Si](C)(C)C.Cc1cc(C(=O)O)n(-c2cccc(CNC(=O)OC(C)(C)C)c2)n1.O=C(CCC1CC1)c1ccncc1.[H-].[Mg+2].[Ti]. The summed E-state index contributed by atoms with van der Waals surface area (Å²) in [6.07, 6.45) is 22.6. The summed E-state index contributed by atoms with van der Waals surface area (Å²) in [7, 11) is -3.21. The summed E-state index contributed by atoms with van der Waals surface area (Å²) in [6, 6.07) is 32.4. The summed E-state index contributed by atoms with van der Waals surface area (Å²) in [5.41, 5.74) is 12.1. The average Bonchev–Trinajstić information content (AvgIpc) is 0.867. The Hall–Kier alpha value is -5.75. The quantitative estimate of drug-likeness (QED) is 0.0100. The van der Waals surface area contributed by atoms with Gasteiger partial charge in [0.15, 0.2) is 11.5 Å². The number of ether oxygens (including phenoxy) is 1. The molecule has 0 bridgehead atoms. The number of carboxylic acid groups (broad SMARTS) is 1. The molecule has 32 heteroatoms. The minimum atomic E-state index is -1.46. The fraction of sp³-hybridized carbons (Fsp3) is 0.556. The van der Waals surface area contributed by atoms with Gasteiger partial charge in [0.2, 0.25) is 0 Å². The van der Waals surface area contributed by atoms with Crippen LogP contribution in [0.4, 0.5) is 25.0 Å². The molecule has 3 aliphatic rings. The van der Waals surface area contributed by atoms with Crippen molar-refractivity contribution < 1.29 is 89.2 Å². The second-order valence-corrected chi connectivity index (χ2v) is 46.1. The molecule has 4 heterocycles. The number of aromatic carboxylic acids is 1. The predicted octanol–water partition coefficient (Wildman–Crippen LogP) is 18.3. The van der Waals surface area contributed by atoms with Crippen molar-refractivity contribution in [3.8, 4) is 5.69 Å². The zero-order chi connectivity index (χ0) is 91.0. The molecule has 4 atom stereocenters. The number of nitrogens with zero attached hydrogens (tertiary/aromatic N) is 7. The first-order valence-electron chi connectivity index (χ1n) is 40.6. The van der Waals surface area contributed by atoms with Gasteiger partial charge >= 0.3 is 35.1 Å². The fourth-order valence-electron chi connectivity index (χ4n) is 9.56. The number of hydrogen-bond acceptors (Lipinski definition) is 17. The van der Waals surface area contributed by atoms with E-state index in [4.69, 9.17) is 36.0 Å². The van der Waals surface area contributed by atoms with Crippen LogP contribution in [0, 0.1) is 42.4 Å². The van der Waals surface area contributed by atoms with Crippen LogP contribution in [0.15, 0.2) is 145 Å². The minimum Gasteiger partial charge on any atom is -1.00 e. The van der Waals surface area contributed by atoms with Crippen LogP contribution in [0.3, 0.4) is 0 Å². The summed E-state index contributed by atoms with van der Waals surface area (Å²) in [5.74, 6) is 1.00. The Balaban J connectivity index is -0.000000681. The number of Topliss-reactive ketones (excluding diaryl/α,β-unsaturated/α-hetero) is 1. The molecule has 7 aromatic rings. The van der Waals surface area contributed by atoms with Crippen molar-refractivity contribution in [1.29, 1.82) is 0 Å². The molecule has 23 nitrogen and oxygen atoms in total. The van der Waals surface area contributed by atoms with E-state index in [9.17, 15) is 40.9 Å². The van der Waals surface area contributed by atoms with E-state index in [0.717, 1.165) is 77.5 Å². The number of benzene rings is 3. The van der Waals surface area contributed by atoms with Crippen molar-refractivity contribution in [1.82, 2.24) is 34.8 Å². The van der Waals surface area contributed by atoms with Crippen LogP contribution in [0.2, 0.25) is 19.6 Å². The van der Waals surface area contributed by atoms with E-state index in [1.54, 1.807) is 175 Å². The monoisotopic (exact) mass is 1880 g/mol. The Morgan fingerprint density at radius 2 is 1.11 bits per heavy atom. The standard InChI is InChI=1S/C21H28FN3OS.C17H21N3O4.C15H22N2OS.C11H13NO.C10H15FNSi.C4H11NOS.4C3H8O.BrH.Mg.Ti.H/c1-20(2,3)27(26)25-21(11-8-15-4-5-15,16-9-12-24-13-10-16)17-6-7-18(22)19(23)14-17;1-11-8-14(15(21)22)20(19-11)13-7-5-6-12(9-13)10-18-16(23)24-17(2,3)4;1-15(2,3)19(18)17-14(7-6-12-4-5-12)13-8-10-16-11-9-13;13-11(4-3-9-1-2-9)10-5-7-12-8-6-10;1-12(13(2,3)4)10-8-6-5-7-9(10)11;1-4(2,3)7(5)6;4*1-3(2)4;;;;/h6-7,9-10,12-15,25H,4-5,8,11,23H2,1-3H3;5-9H,10H2,1-4H3,(H,18,23)(H,21,22);8-12H,4-7H2,1-3H3;5-9H,1-4H2;5,7-8H,1-4H3;5H2,1-3H3;4*3-4H,1-2H3;1H;;;/q;;;;-1;;;;;;;+2;;-1/t21?,27-;;;;;7-;;;;;;;;/m0....0......../s1. The topological polar surface area (TPSA) is 361 Å². The van der Waals surface area contributed by atoms with E-state index < -0.39 is 75.0 Å². The molecule has 3 aliphatic carbocycles. The third-order valence-corrected chi connectivity index (χ3v) is 23.1. The normalized spacial score (nSPS) is 14.1. The molecule has 10 rings (SSSR count). The number of carboxylic acids is 1. The number of pyridine rings is 3. The second-order valence-electron chi connectivity index (χ2n) is 35.4. The maximum Gasteiger partial charge on any atom is 2.00 e. The van der Waals surface area contributed by atoms with E-state index >= 15 is 0 Å². The van der Waals surface area contributed by atoms with Gasteiger partial charge in [-0.15, -0.1) is 23.0 Å². The van der Waals surface area contributed by atoms with Crippen molar-refractivity contribution in [2.75, 3.05) is 17.3 Å². The van der Waals surface area contributed by atoms with E-state index in [1.165, 1.54) is 61.4 Å². The van der Waals surface area contributed by atoms with Crippen LogP contribution in [0.1, 0.15) is 266 Å². The number of hydrogen-bond donors (Lipinski definition) is 9.